The molecule has 0 saturated carbocycles. The highest BCUT2D eigenvalue weighted by Crippen LogP contribution is 2.27. The summed E-state index contributed by atoms with van der Waals surface area (Å²) in [4.78, 5) is 41.7. The first kappa shape index (κ1) is 27.6. The van der Waals surface area contributed by atoms with Gasteiger partial charge in [0.2, 0.25) is 0 Å². The van der Waals surface area contributed by atoms with E-state index in [2.05, 4.69) is 54.8 Å². The average molecular weight is 539 g/mol. The van der Waals surface area contributed by atoms with E-state index in [0.717, 1.165) is 61.2 Å². The number of carbonyl (C=O) groups is 2. The van der Waals surface area contributed by atoms with Gasteiger partial charge in [-0.15, -0.1) is 0 Å². The fraction of sp³-hybridized carbons (Fsp3) is 0.406. The molecule has 0 bridgehead atoms. The van der Waals surface area contributed by atoms with Crippen molar-refractivity contribution in [1.29, 1.82) is 0 Å². The van der Waals surface area contributed by atoms with Crippen molar-refractivity contribution in [1.82, 2.24) is 20.2 Å². The minimum atomic E-state index is -0.286. The van der Waals surface area contributed by atoms with Gasteiger partial charge in [0.1, 0.15) is 11.4 Å². The standard InChI is InChI=1S/C32H38N6O2/c1-3-26(4-2)36-31(39)29-11-10-27(20-35-29)37-32(40)30-28-17-24(9-8-23(28)12-13-34-30)25-16-22(18-33-19-25)21-38-14-6-5-7-15-38/h8-11,16-20,26H,3-7,12-15,21H2,1-2H3,(H,36,39)(H,37,40). The van der Waals surface area contributed by atoms with Crippen LogP contribution in [-0.4, -0.2) is 58.1 Å². The van der Waals surface area contributed by atoms with E-state index < -0.39 is 0 Å². The maximum Gasteiger partial charge on any atom is 0.274 e. The van der Waals surface area contributed by atoms with Gasteiger partial charge in [-0.25, -0.2) is 4.98 Å². The van der Waals surface area contributed by atoms with Crippen LogP contribution in [0.15, 0.2) is 60.0 Å². The number of amides is 2. The third-order valence-electron chi connectivity index (χ3n) is 7.79. The number of rotatable bonds is 9. The molecule has 0 spiro atoms. The molecule has 1 aromatic carbocycles. The zero-order chi connectivity index (χ0) is 27.9. The number of aromatic nitrogens is 2. The van der Waals surface area contributed by atoms with Crippen LogP contribution in [0, 0.1) is 0 Å². The molecule has 8 nitrogen and oxygen atoms in total. The highest BCUT2D eigenvalue weighted by atomic mass is 16.2. The Morgan fingerprint density at radius 3 is 2.50 bits per heavy atom. The Morgan fingerprint density at radius 1 is 0.925 bits per heavy atom. The topological polar surface area (TPSA) is 99.6 Å². The molecule has 0 atom stereocenters. The lowest BCUT2D eigenvalue weighted by molar-refractivity contribution is -0.110. The first-order chi connectivity index (χ1) is 19.5. The Labute approximate surface area is 236 Å². The van der Waals surface area contributed by atoms with Crippen molar-refractivity contribution in [2.24, 2.45) is 4.99 Å². The van der Waals surface area contributed by atoms with Gasteiger partial charge in [0, 0.05) is 42.7 Å². The molecule has 5 rings (SSSR count). The maximum atomic E-state index is 13.3. The summed E-state index contributed by atoms with van der Waals surface area (Å²) in [6.07, 6.45) is 11.7. The van der Waals surface area contributed by atoms with Crippen molar-refractivity contribution < 1.29 is 9.59 Å². The highest BCUT2D eigenvalue weighted by molar-refractivity contribution is 6.49. The second-order valence-electron chi connectivity index (χ2n) is 10.6. The molecule has 1 saturated heterocycles. The number of aliphatic imine (C=N–C) groups is 1. The molecular weight excluding hydrogens is 500 g/mol. The Kier molecular flexibility index (Phi) is 8.96. The number of nitrogens with one attached hydrogen (secondary N) is 2. The van der Waals surface area contributed by atoms with E-state index >= 15 is 0 Å². The number of carbonyl (C=O) groups excluding carboxylic acids is 2. The summed E-state index contributed by atoms with van der Waals surface area (Å²) in [5.41, 5.74) is 6.46. The fourth-order valence-electron chi connectivity index (χ4n) is 5.41. The van der Waals surface area contributed by atoms with Crippen LogP contribution in [0.3, 0.4) is 0 Å². The zero-order valence-electron chi connectivity index (χ0n) is 23.4. The predicted molar refractivity (Wildman–Crippen MR) is 159 cm³/mol. The molecule has 208 valence electrons. The number of pyridine rings is 2. The number of benzene rings is 1. The van der Waals surface area contributed by atoms with Gasteiger partial charge >= 0.3 is 0 Å². The third-order valence-corrected chi connectivity index (χ3v) is 7.79. The van der Waals surface area contributed by atoms with Gasteiger partial charge in [0.05, 0.1) is 11.9 Å². The SMILES string of the molecule is CCC(CC)NC(=O)c1ccc(NC(=O)C2=NCCc3ccc(-c4cncc(CN5CCCCC5)c4)cc32)cn1. The molecule has 1 fully saturated rings. The second-order valence-corrected chi connectivity index (χ2v) is 10.6. The van der Waals surface area contributed by atoms with Crippen molar-refractivity contribution in [2.45, 2.75) is 65.0 Å². The summed E-state index contributed by atoms with van der Waals surface area (Å²) in [7, 11) is 0. The van der Waals surface area contributed by atoms with E-state index in [9.17, 15) is 9.59 Å². The van der Waals surface area contributed by atoms with Crippen LogP contribution in [-0.2, 0) is 17.8 Å². The minimum absolute atomic E-state index is 0.121. The number of piperidine rings is 1. The number of fused-ring (bicyclic) bond motifs is 1. The molecule has 3 aromatic rings. The van der Waals surface area contributed by atoms with Crippen molar-refractivity contribution >= 4 is 23.2 Å². The van der Waals surface area contributed by atoms with Gasteiger partial charge in [-0.2, -0.15) is 0 Å². The van der Waals surface area contributed by atoms with E-state index in [4.69, 9.17) is 0 Å². The van der Waals surface area contributed by atoms with Crippen LogP contribution in [0.5, 0.6) is 0 Å². The van der Waals surface area contributed by atoms with Gasteiger partial charge in [-0.3, -0.25) is 24.5 Å². The number of hydrogen-bond donors (Lipinski definition) is 2. The summed E-state index contributed by atoms with van der Waals surface area (Å²) >= 11 is 0. The Hall–Kier alpha value is -3.91. The lowest BCUT2D eigenvalue weighted by atomic mass is 9.93. The van der Waals surface area contributed by atoms with Crippen LogP contribution in [0.2, 0.25) is 0 Å². The molecule has 40 heavy (non-hydrogen) atoms. The number of nitrogens with zero attached hydrogens (tertiary/aromatic N) is 4. The predicted octanol–water partition coefficient (Wildman–Crippen LogP) is 5.03. The van der Waals surface area contributed by atoms with Crippen LogP contribution in [0.1, 0.15) is 73.1 Å². The lowest BCUT2D eigenvalue weighted by Gasteiger charge is -2.26. The van der Waals surface area contributed by atoms with Crippen molar-refractivity contribution in [2.75, 3.05) is 25.0 Å². The summed E-state index contributed by atoms with van der Waals surface area (Å²) in [5.74, 6) is -0.495. The van der Waals surface area contributed by atoms with E-state index in [1.165, 1.54) is 31.0 Å². The van der Waals surface area contributed by atoms with Crippen LogP contribution in [0.4, 0.5) is 5.69 Å². The zero-order valence-corrected chi connectivity index (χ0v) is 23.4. The summed E-state index contributed by atoms with van der Waals surface area (Å²) < 4.78 is 0. The van der Waals surface area contributed by atoms with Crippen LogP contribution in [0.25, 0.3) is 11.1 Å². The number of hydrogen-bond acceptors (Lipinski definition) is 6. The summed E-state index contributed by atoms with van der Waals surface area (Å²) in [5, 5.41) is 5.90. The van der Waals surface area contributed by atoms with E-state index in [1.54, 1.807) is 12.1 Å². The lowest BCUT2D eigenvalue weighted by Crippen LogP contribution is -2.34. The molecule has 2 aliphatic heterocycles. The minimum Gasteiger partial charge on any atom is -0.348 e. The van der Waals surface area contributed by atoms with Gasteiger partial charge in [0.25, 0.3) is 11.8 Å². The van der Waals surface area contributed by atoms with E-state index in [1.807, 2.05) is 26.2 Å². The quantitative estimate of drug-likeness (QED) is 0.398. The van der Waals surface area contributed by atoms with Crippen LogP contribution >= 0.6 is 0 Å². The van der Waals surface area contributed by atoms with Gasteiger partial charge < -0.3 is 10.6 Å². The normalized spacial score (nSPS) is 15.3. The number of likely N-dealkylation sites (tertiary alicyclic amines) is 1. The molecule has 0 radical (unpaired) electrons. The van der Waals surface area contributed by atoms with Gasteiger partial charge in [-0.05, 0) is 86.1 Å². The molecule has 8 heteroatoms. The smallest absolute Gasteiger partial charge is 0.274 e. The first-order valence-corrected chi connectivity index (χ1v) is 14.5. The molecule has 2 aromatic heterocycles. The summed E-state index contributed by atoms with van der Waals surface area (Å²) in [6, 6.07) is 11.9. The summed E-state index contributed by atoms with van der Waals surface area (Å²) in [6.45, 7) is 7.84. The maximum absolute atomic E-state index is 13.3. The third kappa shape index (κ3) is 6.62. The molecule has 0 unspecified atom stereocenters. The largest absolute Gasteiger partial charge is 0.348 e. The Bertz CT molecular complexity index is 1370. The highest BCUT2D eigenvalue weighted by Gasteiger charge is 2.22. The molecule has 2 N–H and O–H groups in total. The Balaban J connectivity index is 1.29. The van der Waals surface area contributed by atoms with Gasteiger partial charge in [-0.1, -0.05) is 32.4 Å². The molecule has 4 heterocycles. The van der Waals surface area contributed by atoms with Crippen molar-refractivity contribution in [3.05, 3.63) is 77.4 Å². The van der Waals surface area contributed by atoms with Crippen LogP contribution < -0.4 is 10.6 Å². The second kappa shape index (κ2) is 13.0. The van der Waals surface area contributed by atoms with E-state index in [0.29, 0.717) is 23.6 Å². The first-order valence-electron chi connectivity index (χ1n) is 14.5. The average Bonchev–Trinajstić information content (AvgIpc) is 3.00. The molecular formula is C32H38N6O2. The van der Waals surface area contributed by atoms with E-state index in [-0.39, 0.29) is 17.9 Å². The van der Waals surface area contributed by atoms with Crippen molar-refractivity contribution in [3.63, 3.8) is 0 Å². The monoisotopic (exact) mass is 538 g/mol. The molecule has 0 aliphatic carbocycles. The van der Waals surface area contributed by atoms with Gasteiger partial charge in [0.15, 0.2) is 0 Å². The number of anilines is 1. The molecule has 2 amide bonds. The Morgan fingerprint density at radius 2 is 1.75 bits per heavy atom. The molecule has 2 aliphatic rings. The fourth-order valence-corrected chi connectivity index (χ4v) is 5.41. The van der Waals surface area contributed by atoms with Crippen molar-refractivity contribution in [3.8, 4) is 11.1 Å².